The molecular weight excluding hydrogens is 387 g/mol. The average molecular weight is 405 g/mol. The normalized spacial score (nSPS) is 14.2. The van der Waals surface area contributed by atoms with Crippen molar-refractivity contribution in [3.05, 3.63) is 62.8 Å². The van der Waals surface area contributed by atoms with Crippen molar-refractivity contribution >= 4 is 46.4 Å². The molecule has 0 unspecified atom stereocenters. The van der Waals surface area contributed by atoms with Crippen molar-refractivity contribution in [2.45, 2.75) is 20.8 Å². The average Bonchev–Trinajstić information content (AvgIpc) is 2.83. The van der Waals surface area contributed by atoms with Crippen molar-refractivity contribution in [1.82, 2.24) is 0 Å². The van der Waals surface area contributed by atoms with E-state index in [1.165, 1.54) is 7.11 Å². The van der Waals surface area contributed by atoms with Crippen LogP contribution >= 0.6 is 23.2 Å². The molecule has 2 aromatic carbocycles. The maximum atomic E-state index is 13.0. The number of imide groups is 1. The highest BCUT2D eigenvalue weighted by molar-refractivity contribution is 6.53. The second-order valence-corrected chi connectivity index (χ2v) is 7.12. The number of halogens is 2. The van der Waals surface area contributed by atoms with Crippen molar-refractivity contribution in [1.29, 1.82) is 0 Å². The van der Waals surface area contributed by atoms with E-state index in [-0.39, 0.29) is 10.7 Å². The number of rotatable bonds is 4. The standard InChI is InChI=1S/C20H18Cl2N2O3/c1-10-5-6-13(7-11(10)2)23-18-17(22)19(25)24(20(18)26)15-8-12(3)14(21)9-16(15)27-4/h5-9,23H,1-4H3. The van der Waals surface area contributed by atoms with Gasteiger partial charge in [-0.25, -0.2) is 4.90 Å². The number of nitrogens with one attached hydrogen (secondary N) is 1. The van der Waals surface area contributed by atoms with E-state index in [4.69, 9.17) is 27.9 Å². The molecule has 2 amide bonds. The lowest BCUT2D eigenvalue weighted by Gasteiger charge is -2.19. The van der Waals surface area contributed by atoms with Crippen LogP contribution in [0.4, 0.5) is 11.4 Å². The third-order valence-electron chi connectivity index (χ3n) is 4.50. The molecule has 140 valence electrons. The highest BCUT2D eigenvalue weighted by Crippen LogP contribution is 2.38. The molecule has 0 aromatic heterocycles. The molecule has 1 N–H and O–H groups in total. The van der Waals surface area contributed by atoms with Crippen molar-refractivity contribution in [2.24, 2.45) is 0 Å². The number of aryl methyl sites for hydroxylation is 3. The Bertz CT molecular complexity index is 999. The molecule has 0 atom stereocenters. The van der Waals surface area contributed by atoms with Gasteiger partial charge in [-0.15, -0.1) is 0 Å². The molecule has 7 heteroatoms. The first kappa shape index (κ1) is 19.3. The van der Waals surface area contributed by atoms with Crippen LogP contribution < -0.4 is 15.0 Å². The van der Waals surface area contributed by atoms with Gasteiger partial charge >= 0.3 is 0 Å². The molecule has 0 fully saturated rings. The van der Waals surface area contributed by atoms with Crippen LogP contribution in [0.2, 0.25) is 5.02 Å². The van der Waals surface area contributed by atoms with Crippen LogP contribution in [-0.4, -0.2) is 18.9 Å². The van der Waals surface area contributed by atoms with Crippen LogP contribution in [0.15, 0.2) is 41.1 Å². The smallest absolute Gasteiger partial charge is 0.283 e. The fraction of sp³-hybridized carbons (Fsp3) is 0.200. The molecule has 0 aliphatic carbocycles. The van der Waals surface area contributed by atoms with Crippen molar-refractivity contribution in [2.75, 3.05) is 17.3 Å². The summed E-state index contributed by atoms with van der Waals surface area (Å²) in [4.78, 5) is 26.6. The van der Waals surface area contributed by atoms with Crippen LogP contribution in [0.25, 0.3) is 0 Å². The third kappa shape index (κ3) is 3.40. The lowest BCUT2D eigenvalue weighted by atomic mass is 10.1. The summed E-state index contributed by atoms with van der Waals surface area (Å²) in [5, 5.41) is 3.27. The number of amides is 2. The Kier molecular flexibility index (Phi) is 5.18. The Hall–Kier alpha value is -2.50. The summed E-state index contributed by atoms with van der Waals surface area (Å²) in [6.07, 6.45) is 0. The van der Waals surface area contributed by atoms with Gasteiger partial charge in [-0.1, -0.05) is 29.3 Å². The van der Waals surface area contributed by atoms with Gasteiger partial charge < -0.3 is 10.1 Å². The maximum absolute atomic E-state index is 13.0. The lowest BCUT2D eigenvalue weighted by Crippen LogP contribution is -2.32. The van der Waals surface area contributed by atoms with E-state index in [0.29, 0.717) is 27.7 Å². The zero-order valence-electron chi connectivity index (χ0n) is 15.3. The second kappa shape index (κ2) is 7.25. The number of hydrogen-bond acceptors (Lipinski definition) is 4. The molecule has 27 heavy (non-hydrogen) atoms. The molecule has 0 radical (unpaired) electrons. The molecule has 0 saturated heterocycles. The SMILES string of the molecule is COc1cc(Cl)c(C)cc1N1C(=O)C(Cl)=C(Nc2ccc(C)c(C)c2)C1=O. The summed E-state index contributed by atoms with van der Waals surface area (Å²) in [6, 6.07) is 8.83. The number of nitrogens with zero attached hydrogens (tertiary/aromatic N) is 1. The van der Waals surface area contributed by atoms with Crippen LogP contribution in [0.5, 0.6) is 5.75 Å². The Morgan fingerprint density at radius 2 is 1.63 bits per heavy atom. The fourth-order valence-corrected chi connectivity index (χ4v) is 3.15. The van der Waals surface area contributed by atoms with Gasteiger partial charge in [0, 0.05) is 16.8 Å². The quantitative estimate of drug-likeness (QED) is 0.749. The number of carbonyl (C=O) groups excluding carboxylic acids is 2. The van der Waals surface area contributed by atoms with Gasteiger partial charge in [0.25, 0.3) is 11.8 Å². The van der Waals surface area contributed by atoms with Gasteiger partial charge in [0.2, 0.25) is 0 Å². The molecule has 2 aromatic rings. The molecule has 3 rings (SSSR count). The van der Waals surface area contributed by atoms with Gasteiger partial charge in [-0.05, 0) is 55.7 Å². The number of methoxy groups -OCH3 is 1. The zero-order chi connectivity index (χ0) is 19.9. The highest BCUT2D eigenvalue weighted by atomic mass is 35.5. The summed E-state index contributed by atoms with van der Waals surface area (Å²) in [5.41, 5.74) is 3.88. The minimum Gasteiger partial charge on any atom is -0.494 e. The molecule has 1 aliphatic rings. The van der Waals surface area contributed by atoms with E-state index < -0.39 is 11.8 Å². The van der Waals surface area contributed by atoms with E-state index in [9.17, 15) is 9.59 Å². The first-order valence-electron chi connectivity index (χ1n) is 8.21. The summed E-state index contributed by atoms with van der Waals surface area (Å²) >= 11 is 12.3. The minimum atomic E-state index is -0.618. The highest BCUT2D eigenvalue weighted by Gasteiger charge is 2.40. The predicted octanol–water partition coefficient (Wildman–Crippen LogP) is 4.71. The van der Waals surface area contributed by atoms with E-state index >= 15 is 0 Å². The maximum Gasteiger partial charge on any atom is 0.283 e. The van der Waals surface area contributed by atoms with E-state index in [1.54, 1.807) is 19.1 Å². The summed E-state index contributed by atoms with van der Waals surface area (Å²) in [7, 11) is 1.44. The van der Waals surface area contributed by atoms with Gasteiger partial charge in [0.15, 0.2) is 0 Å². The second-order valence-electron chi connectivity index (χ2n) is 6.33. The number of hydrogen-bond donors (Lipinski definition) is 1. The first-order valence-corrected chi connectivity index (χ1v) is 8.97. The van der Waals surface area contributed by atoms with Crippen molar-refractivity contribution in [3.63, 3.8) is 0 Å². The minimum absolute atomic E-state index is 0.0274. The van der Waals surface area contributed by atoms with Crippen LogP contribution in [0.3, 0.4) is 0 Å². The number of benzene rings is 2. The monoisotopic (exact) mass is 404 g/mol. The van der Waals surface area contributed by atoms with Crippen LogP contribution in [0.1, 0.15) is 16.7 Å². The Balaban J connectivity index is 1.99. The molecule has 5 nitrogen and oxygen atoms in total. The van der Waals surface area contributed by atoms with Gasteiger partial charge in [0.05, 0.1) is 12.8 Å². The Morgan fingerprint density at radius 3 is 2.26 bits per heavy atom. The van der Waals surface area contributed by atoms with Crippen molar-refractivity contribution < 1.29 is 14.3 Å². The molecule has 1 aliphatic heterocycles. The number of carbonyl (C=O) groups is 2. The van der Waals surface area contributed by atoms with E-state index in [2.05, 4.69) is 5.32 Å². The van der Waals surface area contributed by atoms with Gasteiger partial charge in [0.1, 0.15) is 16.5 Å². The van der Waals surface area contributed by atoms with Crippen molar-refractivity contribution in [3.8, 4) is 5.75 Å². The van der Waals surface area contributed by atoms with Crippen LogP contribution in [0, 0.1) is 20.8 Å². The van der Waals surface area contributed by atoms with Gasteiger partial charge in [-0.3, -0.25) is 9.59 Å². The summed E-state index contributed by atoms with van der Waals surface area (Å²) in [6.45, 7) is 5.73. The molecule has 0 saturated carbocycles. The molecular formula is C20H18Cl2N2O3. The first-order chi connectivity index (χ1) is 12.7. The fourth-order valence-electron chi connectivity index (χ4n) is 2.78. The van der Waals surface area contributed by atoms with Gasteiger partial charge in [-0.2, -0.15) is 0 Å². The number of ether oxygens (including phenoxy) is 1. The van der Waals surface area contributed by atoms with E-state index in [0.717, 1.165) is 16.0 Å². The summed E-state index contributed by atoms with van der Waals surface area (Å²) in [5.74, 6) is -0.861. The Labute approximate surface area is 167 Å². The predicted molar refractivity (Wildman–Crippen MR) is 108 cm³/mol. The zero-order valence-corrected chi connectivity index (χ0v) is 16.8. The Morgan fingerprint density at radius 1 is 0.926 bits per heavy atom. The molecule has 0 bridgehead atoms. The molecule has 0 spiro atoms. The number of anilines is 2. The largest absolute Gasteiger partial charge is 0.494 e. The third-order valence-corrected chi connectivity index (χ3v) is 5.26. The van der Waals surface area contributed by atoms with Crippen LogP contribution in [-0.2, 0) is 9.59 Å². The lowest BCUT2D eigenvalue weighted by molar-refractivity contribution is -0.120. The van der Waals surface area contributed by atoms with E-state index in [1.807, 2.05) is 32.0 Å². The molecule has 1 heterocycles. The summed E-state index contributed by atoms with van der Waals surface area (Å²) < 4.78 is 5.30. The topological polar surface area (TPSA) is 58.6 Å².